The SMILES string of the molecule is CC(C)(C)OC(=O)Nc1cncc2cc(CNC(=O)[C@@H]3CCc4ncc(NCCCc5ccccc5)c(=O)n43)sc12. The lowest BCUT2D eigenvalue weighted by Crippen LogP contribution is -2.36. The molecule has 0 spiro atoms. The zero-order valence-corrected chi connectivity index (χ0v) is 24.2. The zero-order valence-electron chi connectivity index (χ0n) is 23.4. The summed E-state index contributed by atoms with van der Waals surface area (Å²) < 4.78 is 7.72. The van der Waals surface area contributed by atoms with Crippen molar-refractivity contribution in [3.63, 3.8) is 0 Å². The second-order valence-electron chi connectivity index (χ2n) is 11.0. The number of hydrogen-bond donors (Lipinski definition) is 3. The summed E-state index contributed by atoms with van der Waals surface area (Å²) in [5.74, 6) is 0.396. The lowest BCUT2D eigenvalue weighted by molar-refractivity contribution is -0.124. The third-order valence-electron chi connectivity index (χ3n) is 6.67. The van der Waals surface area contributed by atoms with E-state index in [2.05, 4.69) is 38.1 Å². The monoisotopic (exact) mass is 574 g/mol. The van der Waals surface area contributed by atoms with E-state index in [1.165, 1.54) is 21.5 Å². The Hall–Kier alpha value is -4.25. The van der Waals surface area contributed by atoms with Crippen molar-refractivity contribution in [3.8, 4) is 0 Å². The predicted molar refractivity (Wildman–Crippen MR) is 160 cm³/mol. The van der Waals surface area contributed by atoms with Gasteiger partial charge < -0.3 is 15.4 Å². The molecule has 0 bridgehead atoms. The number of hydrogen-bond acceptors (Lipinski definition) is 8. The van der Waals surface area contributed by atoms with Gasteiger partial charge in [0.1, 0.15) is 23.2 Å². The van der Waals surface area contributed by atoms with Crippen LogP contribution in [0.15, 0.2) is 59.8 Å². The third-order valence-corrected chi connectivity index (χ3v) is 7.86. The van der Waals surface area contributed by atoms with Crippen molar-refractivity contribution >= 4 is 44.8 Å². The van der Waals surface area contributed by atoms with E-state index in [0.717, 1.165) is 27.8 Å². The minimum atomic E-state index is -0.619. The minimum Gasteiger partial charge on any atom is -0.444 e. The van der Waals surface area contributed by atoms with Gasteiger partial charge in [0.25, 0.3) is 5.56 Å². The van der Waals surface area contributed by atoms with E-state index in [4.69, 9.17) is 4.74 Å². The van der Waals surface area contributed by atoms with Gasteiger partial charge >= 0.3 is 6.09 Å². The number of pyridine rings is 1. The molecule has 214 valence electrons. The highest BCUT2D eigenvalue weighted by atomic mass is 32.1. The van der Waals surface area contributed by atoms with E-state index in [0.29, 0.717) is 36.6 Å². The van der Waals surface area contributed by atoms with E-state index >= 15 is 0 Å². The lowest BCUT2D eigenvalue weighted by Gasteiger charge is -2.19. The van der Waals surface area contributed by atoms with E-state index in [1.54, 1.807) is 39.4 Å². The maximum Gasteiger partial charge on any atom is 0.412 e. The predicted octanol–water partition coefficient (Wildman–Crippen LogP) is 5.05. The number of thiophene rings is 1. The standard InChI is InChI=1S/C30H34N6O4S/c1-30(2,3)40-29(39)35-22-17-31-15-20-14-21(41-26(20)22)16-34-27(37)24-11-12-25-33-18-23(28(38)36(24)25)32-13-7-10-19-8-5-4-6-9-19/h4-6,8-9,14-15,17-18,24,32H,7,10-13,16H2,1-3H3,(H,34,37)(H,35,39)/t24-/m0/s1. The highest BCUT2D eigenvalue weighted by molar-refractivity contribution is 7.19. The Morgan fingerprint density at radius 1 is 1.12 bits per heavy atom. The first kappa shape index (κ1) is 28.3. The van der Waals surface area contributed by atoms with Crippen molar-refractivity contribution in [1.29, 1.82) is 0 Å². The Balaban J connectivity index is 1.21. The molecule has 11 heteroatoms. The summed E-state index contributed by atoms with van der Waals surface area (Å²) in [6.07, 6.45) is 7.17. The smallest absolute Gasteiger partial charge is 0.412 e. The van der Waals surface area contributed by atoms with E-state index in [-0.39, 0.29) is 18.0 Å². The molecule has 2 amide bonds. The molecule has 1 aliphatic heterocycles. The number of amides is 2. The topological polar surface area (TPSA) is 127 Å². The molecule has 0 fully saturated rings. The molecule has 4 heterocycles. The molecule has 1 aromatic carbocycles. The number of nitrogens with zero attached hydrogens (tertiary/aromatic N) is 3. The Bertz CT molecular complexity index is 1610. The number of benzene rings is 1. The van der Waals surface area contributed by atoms with Gasteiger partial charge in [0.05, 0.1) is 29.3 Å². The second kappa shape index (κ2) is 12.1. The highest BCUT2D eigenvalue weighted by Gasteiger charge is 2.31. The number of ether oxygens (including phenoxy) is 1. The van der Waals surface area contributed by atoms with Crippen LogP contribution in [-0.4, -0.2) is 38.7 Å². The van der Waals surface area contributed by atoms with Crippen LogP contribution in [0, 0.1) is 0 Å². The van der Waals surface area contributed by atoms with E-state index in [1.807, 2.05) is 24.3 Å². The fourth-order valence-corrected chi connectivity index (χ4v) is 5.87. The quantitative estimate of drug-likeness (QED) is 0.239. The Kier molecular flexibility index (Phi) is 8.34. The van der Waals surface area contributed by atoms with Crippen molar-refractivity contribution in [1.82, 2.24) is 19.9 Å². The van der Waals surface area contributed by atoms with Crippen LogP contribution < -0.4 is 21.5 Å². The van der Waals surface area contributed by atoms with Gasteiger partial charge in [0.15, 0.2) is 0 Å². The summed E-state index contributed by atoms with van der Waals surface area (Å²) in [5, 5.41) is 9.80. The number of anilines is 2. The number of rotatable bonds is 9. The molecular weight excluding hydrogens is 540 g/mol. The maximum atomic E-state index is 13.3. The molecule has 1 aliphatic rings. The number of aryl methyl sites for hydroxylation is 2. The van der Waals surface area contributed by atoms with Gasteiger partial charge in [-0.1, -0.05) is 30.3 Å². The van der Waals surface area contributed by atoms with Crippen molar-refractivity contribution in [3.05, 3.63) is 81.6 Å². The second-order valence-corrected chi connectivity index (χ2v) is 12.1. The third kappa shape index (κ3) is 6.91. The van der Waals surface area contributed by atoms with Gasteiger partial charge in [-0.25, -0.2) is 9.78 Å². The summed E-state index contributed by atoms with van der Waals surface area (Å²) in [6.45, 7) is 6.32. The first-order chi connectivity index (χ1) is 19.7. The number of carbonyl (C=O) groups is 2. The van der Waals surface area contributed by atoms with Crippen LogP contribution in [0.4, 0.5) is 16.2 Å². The molecular formula is C30H34N6O4S. The molecule has 1 atom stereocenters. The number of carbonyl (C=O) groups excluding carboxylic acids is 2. The van der Waals surface area contributed by atoms with E-state index < -0.39 is 17.7 Å². The Labute approximate surface area is 242 Å². The molecule has 4 aromatic rings. The van der Waals surface area contributed by atoms with Crippen molar-refractivity contribution in [2.45, 2.75) is 64.6 Å². The molecule has 0 aliphatic carbocycles. The molecule has 0 saturated heterocycles. The summed E-state index contributed by atoms with van der Waals surface area (Å²) in [7, 11) is 0. The Morgan fingerprint density at radius 3 is 2.71 bits per heavy atom. The van der Waals surface area contributed by atoms with Gasteiger partial charge in [-0.2, -0.15) is 0 Å². The van der Waals surface area contributed by atoms with Crippen LogP contribution in [0.25, 0.3) is 10.1 Å². The van der Waals surface area contributed by atoms with Crippen molar-refractivity contribution in [2.24, 2.45) is 0 Å². The van der Waals surface area contributed by atoms with Crippen LogP contribution >= 0.6 is 11.3 Å². The van der Waals surface area contributed by atoms with Gasteiger partial charge in [0, 0.05) is 29.4 Å². The molecule has 0 unspecified atom stereocenters. The first-order valence-corrected chi connectivity index (χ1v) is 14.5. The maximum absolute atomic E-state index is 13.3. The van der Waals surface area contributed by atoms with Gasteiger partial charge in [-0.05, 0) is 51.7 Å². The summed E-state index contributed by atoms with van der Waals surface area (Å²) >= 11 is 1.45. The average Bonchev–Trinajstić information content (AvgIpc) is 3.56. The van der Waals surface area contributed by atoms with Gasteiger partial charge in [0.2, 0.25) is 5.91 Å². The van der Waals surface area contributed by atoms with Crippen LogP contribution in [0.5, 0.6) is 0 Å². The van der Waals surface area contributed by atoms with Crippen molar-refractivity contribution < 1.29 is 14.3 Å². The molecule has 5 rings (SSSR count). The molecule has 0 radical (unpaired) electrons. The normalized spacial score (nSPS) is 14.5. The summed E-state index contributed by atoms with van der Waals surface area (Å²) in [4.78, 5) is 48.3. The zero-order chi connectivity index (χ0) is 29.0. The molecule has 41 heavy (non-hydrogen) atoms. The average molecular weight is 575 g/mol. The molecule has 0 saturated carbocycles. The number of fused-ring (bicyclic) bond motifs is 2. The number of nitrogens with one attached hydrogen (secondary N) is 3. The highest BCUT2D eigenvalue weighted by Crippen LogP contribution is 2.32. The van der Waals surface area contributed by atoms with Crippen LogP contribution in [0.2, 0.25) is 0 Å². The molecule has 10 nitrogen and oxygen atoms in total. The van der Waals surface area contributed by atoms with Gasteiger partial charge in [-0.15, -0.1) is 11.3 Å². The van der Waals surface area contributed by atoms with Gasteiger partial charge in [-0.3, -0.25) is 24.5 Å². The lowest BCUT2D eigenvalue weighted by atomic mass is 10.1. The molecule has 3 N–H and O–H groups in total. The molecule has 3 aromatic heterocycles. The largest absolute Gasteiger partial charge is 0.444 e. The van der Waals surface area contributed by atoms with Crippen LogP contribution in [0.1, 0.15) is 55.9 Å². The first-order valence-electron chi connectivity index (χ1n) is 13.7. The summed E-state index contributed by atoms with van der Waals surface area (Å²) in [6, 6.07) is 11.5. The Morgan fingerprint density at radius 2 is 1.93 bits per heavy atom. The fourth-order valence-electron chi connectivity index (χ4n) is 4.83. The minimum absolute atomic E-state index is 0.224. The summed E-state index contributed by atoms with van der Waals surface area (Å²) in [5.41, 5.74) is 1.36. The fraction of sp³-hybridized carbons (Fsp3) is 0.367. The van der Waals surface area contributed by atoms with Crippen molar-refractivity contribution in [2.75, 3.05) is 17.2 Å². The van der Waals surface area contributed by atoms with E-state index in [9.17, 15) is 14.4 Å². The van der Waals surface area contributed by atoms with Crippen LogP contribution in [-0.2, 0) is 28.9 Å². The number of aromatic nitrogens is 3. The van der Waals surface area contributed by atoms with Crippen LogP contribution in [0.3, 0.4) is 0 Å².